The maximum absolute atomic E-state index is 10.1. The Morgan fingerprint density at radius 3 is 2.78 bits per heavy atom. The van der Waals surface area contributed by atoms with E-state index in [-0.39, 0.29) is 0 Å². The summed E-state index contributed by atoms with van der Waals surface area (Å²) in [7, 11) is 0. The molecule has 4 rings (SSSR count). The van der Waals surface area contributed by atoms with Crippen LogP contribution in [0.2, 0.25) is 0 Å². The van der Waals surface area contributed by atoms with Crippen LogP contribution in [0.4, 0.5) is 0 Å². The second-order valence-electron chi connectivity index (χ2n) is 6.61. The number of hydrogen-bond acceptors (Lipinski definition) is 4. The summed E-state index contributed by atoms with van der Waals surface area (Å²) in [4.78, 5) is 4.65. The minimum absolute atomic E-state index is 0.330. The third-order valence-electron chi connectivity index (χ3n) is 4.94. The predicted molar refractivity (Wildman–Crippen MR) is 86.8 cm³/mol. The summed E-state index contributed by atoms with van der Waals surface area (Å²) < 4.78 is 7.26. The molecule has 0 radical (unpaired) electrons. The van der Waals surface area contributed by atoms with E-state index in [1.165, 1.54) is 24.0 Å². The minimum atomic E-state index is -0.635. The molecule has 1 saturated heterocycles. The summed E-state index contributed by atoms with van der Waals surface area (Å²) in [6, 6.07) is 6.49. The maximum atomic E-state index is 10.1. The van der Waals surface area contributed by atoms with Crippen LogP contribution < -0.4 is 0 Å². The molecule has 2 aromatic rings. The fourth-order valence-electron chi connectivity index (χ4n) is 3.62. The molecule has 1 aliphatic heterocycles. The van der Waals surface area contributed by atoms with E-state index < -0.39 is 6.10 Å². The summed E-state index contributed by atoms with van der Waals surface area (Å²) in [5, 5.41) is 14.9. The average Bonchev–Trinajstić information content (AvgIpc) is 3.22. The number of aliphatic hydroxyl groups is 1. The van der Waals surface area contributed by atoms with Gasteiger partial charge in [0.25, 0.3) is 0 Å². The lowest BCUT2D eigenvalue weighted by Gasteiger charge is -2.18. The third kappa shape index (κ3) is 2.79. The minimum Gasteiger partial charge on any atom is -0.385 e. The lowest BCUT2D eigenvalue weighted by atomic mass is 10.00. The van der Waals surface area contributed by atoms with E-state index in [9.17, 15) is 5.11 Å². The van der Waals surface area contributed by atoms with Crippen LogP contribution in [0.25, 0.3) is 5.69 Å². The largest absolute Gasteiger partial charge is 0.385 e. The molecule has 0 spiro atoms. The van der Waals surface area contributed by atoms with Crippen molar-refractivity contribution in [2.45, 2.75) is 51.0 Å². The van der Waals surface area contributed by atoms with Gasteiger partial charge in [0.1, 0.15) is 6.10 Å². The number of fused-ring (bicyclic) bond motifs is 1. The van der Waals surface area contributed by atoms with Gasteiger partial charge in [-0.2, -0.15) is 5.10 Å². The summed E-state index contributed by atoms with van der Waals surface area (Å²) in [5.74, 6) is 1.80. The van der Waals surface area contributed by atoms with Gasteiger partial charge in [-0.05, 0) is 62.3 Å². The first-order chi connectivity index (χ1) is 11.2. The lowest BCUT2D eigenvalue weighted by molar-refractivity contribution is 0.0835. The van der Waals surface area contributed by atoms with Gasteiger partial charge in [-0.15, -0.1) is 0 Å². The van der Waals surface area contributed by atoms with Gasteiger partial charge in [-0.25, -0.2) is 9.67 Å². The Bertz CT molecular complexity index is 702. The molecule has 1 fully saturated rings. The van der Waals surface area contributed by atoms with Gasteiger partial charge in [0.2, 0.25) is 0 Å². The Morgan fingerprint density at radius 1 is 1.22 bits per heavy atom. The van der Waals surface area contributed by atoms with E-state index in [0.29, 0.717) is 11.7 Å². The number of ether oxygens (including phenoxy) is 1. The van der Waals surface area contributed by atoms with Crippen LogP contribution in [0.1, 0.15) is 61.0 Å². The van der Waals surface area contributed by atoms with Gasteiger partial charge >= 0.3 is 0 Å². The van der Waals surface area contributed by atoms with E-state index in [1.54, 1.807) is 6.92 Å². The summed E-state index contributed by atoms with van der Waals surface area (Å²) in [6.07, 6.45) is 4.80. The van der Waals surface area contributed by atoms with Gasteiger partial charge in [0.05, 0.1) is 5.69 Å². The molecular formula is C18H23N3O2. The first-order valence-corrected chi connectivity index (χ1v) is 8.57. The van der Waals surface area contributed by atoms with Crippen LogP contribution in [0.3, 0.4) is 0 Å². The van der Waals surface area contributed by atoms with Crippen molar-refractivity contribution in [3.8, 4) is 5.69 Å². The van der Waals surface area contributed by atoms with Crippen LogP contribution in [-0.4, -0.2) is 33.1 Å². The molecular weight excluding hydrogens is 290 g/mol. The summed E-state index contributed by atoms with van der Waals surface area (Å²) in [5.41, 5.74) is 3.85. The number of aliphatic hydroxyl groups excluding tert-OH is 1. The number of aryl methyl sites for hydroxylation is 2. The van der Waals surface area contributed by atoms with Crippen molar-refractivity contribution in [2.24, 2.45) is 0 Å². The van der Waals surface area contributed by atoms with Crippen molar-refractivity contribution in [3.05, 3.63) is 41.0 Å². The van der Waals surface area contributed by atoms with Crippen LogP contribution in [0.15, 0.2) is 18.2 Å². The number of benzene rings is 1. The van der Waals surface area contributed by atoms with Crippen molar-refractivity contribution in [3.63, 3.8) is 0 Å². The molecule has 1 atom stereocenters. The molecule has 1 N–H and O–H groups in total. The van der Waals surface area contributed by atoms with Crippen molar-refractivity contribution >= 4 is 0 Å². The highest BCUT2D eigenvalue weighted by atomic mass is 16.5. The fraction of sp³-hybridized carbons (Fsp3) is 0.556. The molecule has 1 aromatic carbocycles. The fourth-order valence-corrected chi connectivity index (χ4v) is 3.62. The summed E-state index contributed by atoms with van der Waals surface area (Å²) in [6.45, 7) is 3.28. The number of hydrogen-bond donors (Lipinski definition) is 1. The predicted octanol–water partition coefficient (Wildman–Crippen LogP) is 2.70. The smallest absolute Gasteiger partial charge is 0.160 e. The topological polar surface area (TPSA) is 60.2 Å². The number of nitrogens with zero attached hydrogens (tertiary/aromatic N) is 3. The van der Waals surface area contributed by atoms with Gasteiger partial charge in [0.15, 0.2) is 11.6 Å². The first-order valence-electron chi connectivity index (χ1n) is 8.57. The lowest BCUT2D eigenvalue weighted by Crippen LogP contribution is -2.15. The summed E-state index contributed by atoms with van der Waals surface area (Å²) >= 11 is 0. The highest BCUT2D eigenvalue weighted by molar-refractivity contribution is 5.43. The molecule has 1 aliphatic carbocycles. The molecule has 2 heterocycles. The Kier molecular flexibility index (Phi) is 3.91. The Hall–Kier alpha value is -1.72. The molecule has 0 unspecified atom stereocenters. The quantitative estimate of drug-likeness (QED) is 0.946. The Morgan fingerprint density at radius 2 is 2.00 bits per heavy atom. The van der Waals surface area contributed by atoms with E-state index in [0.717, 1.165) is 44.0 Å². The van der Waals surface area contributed by atoms with Crippen LogP contribution in [0, 0.1) is 0 Å². The van der Waals surface area contributed by atoms with E-state index in [1.807, 2.05) is 4.68 Å². The molecule has 122 valence electrons. The third-order valence-corrected chi connectivity index (χ3v) is 4.94. The highest BCUT2D eigenvalue weighted by Gasteiger charge is 2.24. The van der Waals surface area contributed by atoms with Crippen molar-refractivity contribution < 1.29 is 9.84 Å². The van der Waals surface area contributed by atoms with Gasteiger partial charge < -0.3 is 9.84 Å². The van der Waals surface area contributed by atoms with Gasteiger partial charge in [0, 0.05) is 19.1 Å². The van der Waals surface area contributed by atoms with Crippen molar-refractivity contribution in [2.75, 3.05) is 13.2 Å². The molecule has 0 amide bonds. The Labute approximate surface area is 136 Å². The number of rotatable bonds is 3. The van der Waals surface area contributed by atoms with E-state index in [4.69, 9.17) is 9.84 Å². The van der Waals surface area contributed by atoms with Crippen molar-refractivity contribution in [1.29, 1.82) is 0 Å². The maximum Gasteiger partial charge on any atom is 0.160 e. The molecule has 0 saturated carbocycles. The molecule has 1 aromatic heterocycles. The van der Waals surface area contributed by atoms with E-state index >= 15 is 0 Å². The molecule has 0 bridgehead atoms. The normalized spacial score (nSPS) is 19.7. The zero-order chi connectivity index (χ0) is 15.8. The zero-order valence-electron chi connectivity index (χ0n) is 13.5. The number of aromatic nitrogens is 3. The van der Waals surface area contributed by atoms with Crippen LogP contribution in [0.5, 0.6) is 0 Å². The monoisotopic (exact) mass is 313 g/mol. The molecule has 23 heavy (non-hydrogen) atoms. The van der Waals surface area contributed by atoms with Crippen molar-refractivity contribution in [1.82, 2.24) is 14.8 Å². The standard InChI is InChI=1S/C18H23N3O2/c1-12(22)18-19-17(14-7-9-23-10-8-14)20-21(18)16-6-5-13-3-2-4-15(13)11-16/h5-6,11-12,14,22H,2-4,7-10H2,1H3/t12-/m0/s1. The molecule has 2 aliphatic rings. The van der Waals surface area contributed by atoms with E-state index in [2.05, 4.69) is 23.2 Å². The zero-order valence-corrected chi connectivity index (χ0v) is 13.5. The SMILES string of the molecule is C[C@H](O)c1nc(C2CCOCC2)nn1-c1ccc2c(c1)CCC2. The highest BCUT2D eigenvalue weighted by Crippen LogP contribution is 2.29. The van der Waals surface area contributed by atoms with Crippen LogP contribution in [-0.2, 0) is 17.6 Å². The average molecular weight is 313 g/mol. The Balaban J connectivity index is 1.73. The molecule has 5 nitrogen and oxygen atoms in total. The second kappa shape index (κ2) is 6.06. The molecule has 5 heteroatoms. The van der Waals surface area contributed by atoms with Gasteiger partial charge in [-0.3, -0.25) is 0 Å². The van der Waals surface area contributed by atoms with Gasteiger partial charge in [-0.1, -0.05) is 6.07 Å². The first kappa shape index (κ1) is 14.8. The second-order valence-corrected chi connectivity index (χ2v) is 6.61. The van der Waals surface area contributed by atoms with Crippen LogP contribution >= 0.6 is 0 Å².